The van der Waals surface area contributed by atoms with E-state index in [4.69, 9.17) is 0 Å². The summed E-state index contributed by atoms with van der Waals surface area (Å²) in [5, 5.41) is 0.372. The van der Waals surface area contributed by atoms with E-state index < -0.39 is 11.7 Å². The maximum atomic E-state index is 13.2. The highest BCUT2D eigenvalue weighted by Crippen LogP contribution is 2.33. The van der Waals surface area contributed by atoms with E-state index in [1.165, 1.54) is 40.2 Å². The summed E-state index contributed by atoms with van der Waals surface area (Å²) in [4.78, 5) is 22.4. The third kappa shape index (κ3) is 3.81. The average Bonchev–Trinajstić information content (AvgIpc) is 3.16. The van der Waals surface area contributed by atoms with Crippen molar-refractivity contribution in [1.82, 2.24) is 14.5 Å². The number of rotatable bonds is 4. The summed E-state index contributed by atoms with van der Waals surface area (Å²) in [6.45, 7) is 0. The zero-order chi connectivity index (χ0) is 19.7. The summed E-state index contributed by atoms with van der Waals surface area (Å²) in [6, 6.07) is 10.3. The third-order valence-electron chi connectivity index (χ3n) is 4.17. The van der Waals surface area contributed by atoms with E-state index >= 15 is 0 Å². The lowest BCUT2D eigenvalue weighted by Crippen LogP contribution is -2.24. The molecule has 0 radical (unpaired) electrons. The van der Waals surface area contributed by atoms with Crippen LogP contribution in [0.2, 0.25) is 0 Å². The zero-order valence-corrected chi connectivity index (χ0v) is 16.1. The molecule has 1 aliphatic heterocycles. The molecule has 9 heteroatoms. The molecule has 0 spiro atoms. The molecule has 0 aliphatic carbocycles. The number of halogens is 3. The Labute approximate surface area is 167 Å². The maximum Gasteiger partial charge on any atom is 0.416 e. The number of alkyl halides is 3. The maximum absolute atomic E-state index is 13.2. The van der Waals surface area contributed by atoms with Gasteiger partial charge in [-0.3, -0.25) is 14.3 Å². The minimum absolute atomic E-state index is 0.158. The molecule has 144 valence electrons. The number of aryl methyl sites for hydroxylation is 1. The molecule has 0 amide bonds. The lowest BCUT2D eigenvalue weighted by Gasteiger charge is -2.15. The molecule has 3 aromatic rings. The van der Waals surface area contributed by atoms with Gasteiger partial charge in [0.2, 0.25) is 0 Å². The first-order chi connectivity index (χ1) is 13.4. The van der Waals surface area contributed by atoms with Crippen molar-refractivity contribution in [2.45, 2.75) is 28.4 Å². The van der Waals surface area contributed by atoms with Crippen LogP contribution in [0.4, 0.5) is 13.2 Å². The van der Waals surface area contributed by atoms with Gasteiger partial charge in [-0.15, -0.1) is 11.8 Å². The molecule has 1 aliphatic rings. The second-order valence-corrected chi connectivity index (χ2v) is 8.11. The number of aromatic nitrogens is 3. The van der Waals surface area contributed by atoms with Crippen LogP contribution in [0.25, 0.3) is 5.69 Å². The number of pyridine rings is 1. The Morgan fingerprint density at radius 1 is 1.18 bits per heavy atom. The van der Waals surface area contributed by atoms with Crippen LogP contribution in [0.1, 0.15) is 17.0 Å². The molecule has 0 atom stereocenters. The van der Waals surface area contributed by atoms with Gasteiger partial charge in [0.15, 0.2) is 5.16 Å². The highest BCUT2D eigenvalue weighted by Gasteiger charge is 2.31. The summed E-state index contributed by atoms with van der Waals surface area (Å²) in [5.74, 6) is 1.20. The van der Waals surface area contributed by atoms with Crippen molar-refractivity contribution in [3.8, 4) is 5.69 Å². The molecule has 0 N–H and O–H groups in total. The second kappa shape index (κ2) is 7.63. The van der Waals surface area contributed by atoms with Gasteiger partial charge in [-0.25, -0.2) is 4.98 Å². The van der Waals surface area contributed by atoms with Gasteiger partial charge in [0.25, 0.3) is 5.56 Å². The van der Waals surface area contributed by atoms with E-state index in [1.807, 2.05) is 12.1 Å². The summed E-state index contributed by atoms with van der Waals surface area (Å²) in [7, 11) is 0. The molecular weight excluding hydrogens is 407 g/mol. The standard InChI is InChI=1S/C19H14F3N3OS2/c20-19(21,22)12-4-3-6-14(10-12)25-17(26)16-15(7-9-27-16)24-18(25)28-11-13-5-1-2-8-23-13/h1-6,8,10H,7,9,11H2. The predicted octanol–water partition coefficient (Wildman–Crippen LogP) is 4.59. The van der Waals surface area contributed by atoms with Crippen LogP contribution in [0, 0.1) is 0 Å². The molecule has 0 bridgehead atoms. The van der Waals surface area contributed by atoms with Crippen molar-refractivity contribution in [3.63, 3.8) is 0 Å². The van der Waals surface area contributed by atoms with Crippen LogP contribution >= 0.6 is 23.5 Å². The molecule has 0 saturated heterocycles. The Kier molecular flexibility index (Phi) is 5.20. The van der Waals surface area contributed by atoms with Crippen LogP contribution in [-0.4, -0.2) is 20.3 Å². The largest absolute Gasteiger partial charge is 0.416 e. The molecule has 4 rings (SSSR count). The van der Waals surface area contributed by atoms with E-state index in [-0.39, 0.29) is 11.2 Å². The van der Waals surface area contributed by atoms with Gasteiger partial charge in [0.05, 0.1) is 27.5 Å². The van der Waals surface area contributed by atoms with Gasteiger partial charge in [-0.2, -0.15) is 13.2 Å². The molecule has 1 aromatic carbocycles. The molecule has 3 heterocycles. The van der Waals surface area contributed by atoms with Crippen LogP contribution in [-0.2, 0) is 18.3 Å². The monoisotopic (exact) mass is 421 g/mol. The second-order valence-electron chi connectivity index (χ2n) is 6.07. The van der Waals surface area contributed by atoms with Crippen molar-refractivity contribution in [2.24, 2.45) is 0 Å². The quantitative estimate of drug-likeness (QED) is 0.456. The number of fused-ring (bicyclic) bond motifs is 1. The fourth-order valence-corrected chi connectivity index (χ4v) is 4.83. The van der Waals surface area contributed by atoms with Gasteiger partial charge >= 0.3 is 6.18 Å². The predicted molar refractivity (Wildman–Crippen MR) is 103 cm³/mol. The first-order valence-electron chi connectivity index (χ1n) is 8.42. The normalized spacial score (nSPS) is 13.5. The molecule has 0 unspecified atom stereocenters. The molecular formula is C19H14F3N3OS2. The Hall–Kier alpha value is -2.26. The first-order valence-corrected chi connectivity index (χ1v) is 10.4. The van der Waals surface area contributed by atoms with Gasteiger partial charge < -0.3 is 0 Å². The van der Waals surface area contributed by atoms with Crippen molar-refractivity contribution >= 4 is 23.5 Å². The number of benzene rings is 1. The van der Waals surface area contributed by atoms with Crippen molar-refractivity contribution in [3.05, 3.63) is 76.0 Å². The van der Waals surface area contributed by atoms with Crippen LogP contribution in [0.5, 0.6) is 0 Å². The van der Waals surface area contributed by atoms with E-state index in [2.05, 4.69) is 9.97 Å². The minimum Gasteiger partial charge on any atom is -0.268 e. The Morgan fingerprint density at radius 2 is 2.04 bits per heavy atom. The number of thioether (sulfide) groups is 2. The van der Waals surface area contributed by atoms with E-state index in [0.29, 0.717) is 27.9 Å². The van der Waals surface area contributed by atoms with Crippen LogP contribution in [0.3, 0.4) is 0 Å². The zero-order valence-electron chi connectivity index (χ0n) is 14.4. The van der Waals surface area contributed by atoms with E-state index in [1.54, 1.807) is 12.3 Å². The minimum atomic E-state index is -4.49. The Balaban J connectivity index is 1.80. The highest BCUT2D eigenvalue weighted by molar-refractivity contribution is 7.99. The van der Waals surface area contributed by atoms with E-state index in [0.717, 1.165) is 23.6 Å². The van der Waals surface area contributed by atoms with Crippen LogP contribution < -0.4 is 5.56 Å². The summed E-state index contributed by atoms with van der Waals surface area (Å²) < 4.78 is 40.7. The fourth-order valence-electron chi connectivity index (χ4n) is 2.86. The number of nitrogens with zero attached hydrogens (tertiary/aromatic N) is 3. The lowest BCUT2D eigenvalue weighted by atomic mass is 10.2. The van der Waals surface area contributed by atoms with E-state index in [9.17, 15) is 18.0 Å². The van der Waals surface area contributed by atoms with Gasteiger partial charge in [-0.1, -0.05) is 23.9 Å². The number of hydrogen-bond acceptors (Lipinski definition) is 5. The summed E-state index contributed by atoms with van der Waals surface area (Å²) in [6.07, 6.45) is -2.14. The summed E-state index contributed by atoms with van der Waals surface area (Å²) in [5.41, 5.74) is 0.543. The molecule has 28 heavy (non-hydrogen) atoms. The molecule has 4 nitrogen and oxygen atoms in total. The van der Waals surface area contributed by atoms with Crippen molar-refractivity contribution in [1.29, 1.82) is 0 Å². The molecule has 0 saturated carbocycles. The van der Waals surface area contributed by atoms with Crippen molar-refractivity contribution < 1.29 is 13.2 Å². The first kappa shape index (κ1) is 19.1. The van der Waals surface area contributed by atoms with Gasteiger partial charge in [0.1, 0.15) is 0 Å². The fraction of sp³-hybridized carbons (Fsp3) is 0.211. The topological polar surface area (TPSA) is 47.8 Å². The summed E-state index contributed by atoms with van der Waals surface area (Å²) >= 11 is 2.68. The Morgan fingerprint density at radius 3 is 2.79 bits per heavy atom. The van der Waals surface area contributed by atoms with Gasteiger partial charge in [-0.05, 0) is 30.3 Å². The van der Waals surface area contributed by atoms with Crippen molar-refractivity contribution in [2.75, 3.05) is 5.75 Å². The van der Waals surface area contributed by atoms with Crippen LogP contribution in [0.15, 0.2) is 63.5 Å². The SMILES string of the molecule is O=c1c2c(nc(SCc3ccccn3)n1-c1cccc(C(F)(F)F)c1)CCS2. The molecule has 0 fully saturated rings. The third-order valence-corrected chi connectivity index (χ3v) is 6.25. The Bertz CT molecular complexity index is 1070. The highest BCUT2D eigenvalue weighted by atomic mass is 32.2. The smallest absolute Gasteiger partial charge is 0.268 e. The average molecular weight is 421 g/mol. The lowest BCUT2D eigenvalue weighted by molar-refractivity contribution is -0.137. The molecule has 2 aromatic heterocycles. The number of hydrogen-bond donors (Lipinski definition) is 0. The van der Waals surface area contributed by atoms with Gasteiger partial charge in [0, 0.05) is 24.1 Å².